The summed E-state index contributed by atoms with van der Waals surface area (Å²) in [6.07, 6.45) is 6.48. The Labute approximate surface area is 144 Å². The first-order valence-electron chi connectivity index (χ1n) is 8.63. The number of sulfone groups is 1. The maximum absolute atomic E-state index is 11.8. The van der Waals surface area contributed by atoms with Crippen LogP contribution in [0, 0.1) is 17.3 Å². The zero-order chi connectivity index (χ0) is 17.2. The van der Waals surface area contributed by atoms with Crippen molar-refractivity contribution in [3.05, 3.63) is 47.4 Å². The average molecular weight is 344 g/mol. The van der Waals surface area contributed by atoms with Crippen LogP contribution in [0.15, 0.2) is 52.0 Å². The van der Waals surface area contributed by atoms with Crippen molar-refractivity contribution in [2.24, 2.45) is 27.5 Å². The van der Waals surface area contributed by atoms with Crippen LogP contribution in [-0.2, 0) is 15.4 Å². The van der Waals surface area contributed by atoms with Gasteiger partial charge < -0.3 is 0 Å². The van der Waals surface area contributed by atoms with Gasteiger partial charge in [0.1, 0.15) is 11.1 Å². The standard InChI is InChI=1S/C19H24N2O2S/c1-17(2)18(12-13-24(3,22)23)15-10-7-11-16(15)19(17,21-20-18)14-8-5-4-6-9-14/h4-6,8-9,12-13,15-16H,7,10-11H2,1-3H3/b13-12-/t15-,16+,18-,19+/m1/s1. The first kappa shape index (κ1) is 16.0. The summed E-state index contributed by atoms with van der Waals surface area (Å²) in [5.74, 6) is 0.791. The topological polar surface area (TPSA) is 58.9 Å². The highest BCUT2D eigenvalue weighted by Gasteiger charge is 2.76. The molecule has 1 aromatic carbocycles. The molecule has 0 aromatic heterocycles. The van der Waals surface area contributed by atoms with Gasteiger partial charge in [-0.3, -0.25) is 0 Å². The minimum atomic E-state index is -3.19. The van der Waals surface area contributed by atoms with Crippen molar-refractivity contribution < 1.29 is 8.42 Å². The molecule has 2 aliphatic carbocycles. The SMILES string of the molecule is CC1(C)[C@]2(/C=C\S(C)(=O)=O)N=N[C@@]1(c1ccccc1)[C@H]1CCC[C@H]12. The monoisotopic (exact) mass is 344 g/mol. The third-order valence-electron chi connectivity index (χ3n) is 6.73. The highest BCUT2D eigenvalue weighted by Crippen LogP contribution is 2.74. The van der Waals surface area contributed by atoms with Gasteiger partial charge in [-0.25, -0.2) is 8.42 Å². The van der Waals surface area contributed by atoms with Gasteiger partial charge in [0, 0.05) is 17.1 Å². The normalized spacial score (nSPS) is 39.6. The Balaban J connectivity index is 1.94. The Morgan fingerprint density at radius 2 is 1.75 bits per heavy atom. The molecule has 0 unspecified atom stereocenters. The Hall–Kier alpha value is -1.49. The van der Waals surface area contributed by atoms with E-state index in [-0.39, 0.29) is 11.0 Å². The second-order valence-corrected chi connectivity index (χ2v) is 9.99. The average Bonchev–Trinajstić information content (AvgIpc) is 3.13. The molecule has 4 atom stereocenters. The van der Waals surface area contributed by atoms with E-state index in [9.17, 15) is 8.42 Å². The van der Waals surface area contributed by atoms with E-state index >= 15 is 0 Å². The van der Waals surface area contributed by atoms with E-state index in [0.29, 0.717) is 11.8 Å². The lowest BCUT2D eigenvalue weighted by molar-refractivity contribution is 0.164. The maximum atomic E-state index is 11.8. The summed E-state index contributed by atoms with van der Waals surface area (Å²) < 4.78 is 23.5. The van der Waals surface area contributed by atoms with Crippen LogP contribution in [0.25, 0.3) is 0 Å². The van der Waals surface area contributed by atoms with Crippen molar-refractivity contribution in [1.29, 1.82) is 0 Å². The molecular weight excluding hydrogens is 320 g/mol. The second-order valence-electron chi connectivity index (χ2n) is 8.06. The molecule has 1 heterocycles. The quantitative estimate of drug-likeness (QED) is 0.829. The fourth-order valence-corrected chi connectivity index (χ4v) is 6.15. The molecule has 2 saturated carbocycles. The van der Waals surface area contributed by atoms with Crippen LogP contribution < -0.4 is 0 Å². The number of fused-ring (bicyclic) bond motifs is 5. The molecule has 0 amide bonds. The number of azo groups is 1. The summed E-state index contributed by atoms with van der Waals surface area (Å²) in [4.78, 5) is 0. The van der Waals surface area contributed by atoms with Gasteiger partial charge in [0.25, 0.3) is 0 Å². The van der Waals surface area contributed by atoms with Crippen molar-refractivity contribution in [3.63, 3.8) is 0 Å². The van der Waals surface area contributed by atoms with Gasteiger partial charge in [0.15, 0.2) is 9.84 Å². The molecule has 0 N–H and O–H groups in total. The van der Waals surface area contributed by atoms with Crippen LogP contribution in [0.3, 0.4) is 0 Å². The van der Waals surface area contributed by atoms with Crippen LogP contribution in [0.4, 0.5) is 0 Å². The summed E-state index contributed by atoms with van der Waals surface area (Å²) in [5, 5.41) is 11.0. The Morgan fingerprint density at radius 3 is 2.42 bits per heavy atom. The van der Waals surface area contributed by atoms with Gasteiger partial charge in [-0.15, -0.1) is 0 Å². The highest BCUT2D eigenvalue weighted by atomic mass is 32.2. The molecule has 0 saturated heterocycles. The van der Waals surface area contributed by atoms with Gasteiger partial charge in [0.2, 0.25) is 0 Å². The molecule has 3 aliphatic rings. The van der Waals surface area contributed by atoms with Crippen molar-refractivity contribution >= 4 is 9.84 Å². The zero-order valence-corrected chi connectivity index (χ0v) is 15.3. The Morgan fingerprint density at radius 1 is 1.08 bits per heavy atom. The molecule has 1 aromatic rings. The molecule has 2 bridgehead atoms. The summed E-state index contributed by atoms with van der Waals surface area (Å²) in [5.41, 5.74) is 0.0885. The van der Waals surface area contributed by atoms with E-state index in [1.165, 1.54) is 23.6 Å². The molecule has 0 spiro atoms. The number of nitrogens with zero attached hydrogens (tertiary/aromatic N) is 2. The lowest BCUT2D eigenvalue weighted by atomic mass is 9.63. The molecule has 1 aliphatic heterocycles. The van der Waals surface area contributed by atoms with Crippen LogP contribution in [-0.4, -0.2) is 20.2 Å². The number of hydrogen-bond acceptors (Lipinski definition) is 4. The van der Waals surface area contributed by atoms with Gasteiger partial charge in [-0.2, -0.15) is 10.2 Å². The predicted molar refractivity (Wildman–Crippen MR) is 94.3 cm³/mol. The van der Waals surface area contributed by atoms with E-state index in [1.54, 1.807) is 0 Å². The number of benzene rings is 1. The van der Waals surface area contributed by atoms with E-state index in [1.807, 2.05) is 12.1 Å². The Kier molecular flexibility index (Phi) is 3.19. The molecular formula is C19H24N2O2S. The minimum Gasteiger partial charge on any atom is -0.225 e. The third-order valence-corrected chi connectivity index (χ3v) is 7.36. The van der Waals surface area contributed by atoms with Gasteiger partial charge >= 0.3 is 0 Å². The molecule has 24 heavy (non-hydrogen) atoms. The number of hydrogen-bond donors (Lipinski definition) is 0. The number of rotatable bonds is 3. The third kappa shape index (κ3) is 1.76. The van der Waals surface area contributed by atoms with Gasteiger partial charge in [-0.05, 0) is 36.3 Å². The molecule has 4 rings (SSSR count). The van der Waals surface area contributed by atoms with Crippen LogP contribution in [0.5, 0.6) is 0 Å². The summed E-state index contributed by atoms with van der Waals surface area (Å²) in [6, 6.07) is 10.4. The van der Waals surface area contributed by atoms with Crippen molar-refractivity contribution in [3.8, 4) is 0 Å². The first-order valence-corrected chi connectivity index (χ1v) is 10.6. The lowest BCUT2D eigenvalue weighted by Gasteiger charge is -2.40. The smallest absolute Gasteiger partial charge is 0.168 e. The molecule has 2 fully saturated rings. The van der Waals surface area contributed by atoms with E-state index < -0.39 is 15.4 Å². The van der Waals surface area contributed by atoms with Crippen LogP contribution in [0.2, 0.25) is 0 Å². The zero-order valence-electron chi connectivity index (χ0n) is 14.4. The highest BCUT2D eigenvalue weighted by molar-refractivity contribution is 7.93. The lowest BCUT2D eigenvalue weighted by Crippen LogP contribution is -2.45. The fourth-order valence-electron chi connectivity index (χ4n) is 5.70. The molecule has 0 radical (unpaired) electrons. The fraction of sp³-hybridized carbons (Fsp3) is 0.579. The summed E-state index contributed by atoms with van der Waals surface area (Å²) in [7, 11) is -3.19. The van der Waals surface area contributed by atoms with Crippen molar-refractivity contribution in [1.82, 2.24) is 0 Å². The van der Waals surface area contributed by atoms with Gasteiger partial charge in [-0.1, -0.05) is 50.6 Å². The van der Waals surface area contributed by atoms with E-state index in [2.05, 4.69) is 38.1 Å². The van der Waals surface area contributed by atoms with Crippen molar-refractivity contribution in [2.45, 2.75) is 44.2 Å². The summed E-state index contributed by atoms with van der Waals surface area (Å²) >= 11 is 0. The minimum absolute atomic E-state index is 0.252. The maximum Gasteiger partial charge on any atom is 0.168 e. The Bertz CT molecular complexity index is 828. The van der Waals surface area contributed by atoms with Gasteiger partial charge in [0.05, 0.1) is 0 Å². The summed E-state index contributed by atoms with van der Waals surface area (Å²) in [6.45, 7) is 4.43. The predicted octanol–water partition coefficient (Wildman–Crippen LogP) is 4.10. The largest absolute Gasteiger partial charge is 0.225 e. The van der Waals surface area contributed by atoms with E-state index in [0.717, 1.165) is 12.8 Å². The van der Waals surface area contributed by atoms with Crippen LogP contribution >= 0.6 is 0 Å². The molecule has 128 valence electrons. The first-order chi connectivity index (χ1) is 11.2. The molecule has 4 nitrogen and oxygen atoms in total. The van der Waals surface area contributed by atoms with Crippen LogP contribution in [0.1, 0.15) is 38.7 Å². The van der Waals surface area contributed by atoms with Crippen molar-refractivity contribution in [2.75, 3.05) is 6.26 Å². The van der Waals surface area contributed by atoms with E-state index in [4.69, 9.17) is 10.2 Å². The second kappa shape index (κ2) is 4.78. The molecule has 5 heteroatoms.